The Morgan fingerprint density at radius 1 is 1.47 bits per heavy atom. The minimum Gasteiger partial charge on any atom is -0.466 e. The minimum absolute atomic E-state index is 0.0774. The van der Waals surface area contributed by atoms with Gasteiger partial charge in [0.05, 0.1) is 13.0 Å². The van der Waals surface area contributed by atoms with E-state index >= 15 is 0 Å². The summed E-state index contributed by atoms with van der Waals surface area (Å²) < 4.78 is 5.07. The van der Waals surface area contributed by atoms with Crippen LogP contribution in [0.25, 0.3) is 0 Å². The standard InChI is InChI=1S/C16H23NO2/c1-2-19-16(18)11-14-5-3-4-13-10-12(8-9-17)6-7-15(13)14/h6-7,10,14H,2-5,8-9,11,17H2,1H3. The van der Waals surface area contributed by atoms with E-state index in [-0.39, 0.29) is 5.97 Å². The number of carbonyl (C=O) groups excluding carboxylic acids is 1. The summed E-state index contributed by atoms with van der Waals surface area (Å²) >= 11 is 0. The van der Waals surface area contributed by atoms with E-state index in [4.69, 9.17) is 10.5 Å². The van der Waals surface area contributed by atoms with Gasteiger partial charge < -0.3 is 10.5 Å². The van der Waals surface area contributed by atoms with Gasteiger partial charge in [0.25, 0.3) is 0 Å². The van der Waals surface area contributed by atoms with Gasteiger partial charge in [-0.15, -0.1) is 0 Å². The molecule has 0 saturated heterocycles. The van der Waals surface area contributed by atoms with Crippen molar-refractivity contribution in [2.75, 3.05) is 13.2 Å². The van der Waals surface area contributed by atoms with Gasteiger partial charge in [-0.3, -0.25) is 4.79 Å². The van der Waals surface area contributed by atoms with Crippen molar-refractivity contribution in [2.45, 2.75) is 44.9 Å². The molecule has 0 saturated carbocycles. The SMILES string of the molecule is CCOC(=O)CC1CCCc2cc(CCN)ccc21. The van der Waals surface area contributed by atoms with E-state index in [1.165, 1.54) is 16.7 Å². The number of hydrogen-bond acceptors (Lipinski definition) is 3. The summed E-state index contributed by atoms with van der Waals surface area (Å²) in [5.41, 5.74) is 9.63. The average molecular weight is 261 g/mol. The summed E-state index contributed by atoms with van der Waals surface area (Å²) in [5, 5.41) is 0. The summed E-state index contributed by atoms with van der Waals surface area (Å²) in [5.74, 6) is 0.251. The molecular weight excluding hydrogens is 238 g/mol. The van der Waals surface area contributed by atoms with Gasteiger partial charge >= 0.3 is 5.97 Å². The van der Waals surface area contributed by atoms with Crippen LogP contribution in [0.15, 0.2) is 18.2 Å². The van der Waals surface area contributed by atoms with Crippen LogP contribution in [0.5, 0.6) is 0 Å². The molecule has 1 aliphatic carbocycles. The summed E-state index contributed by atoms with van der Waals surface area (Å²) in [4.78, 5) is 11.7. The first-order valence-electron chi connectivity index (χ1n) is 7.22. The third-order valence-electron chi connectivity index (χ3n) is 3.80. The molecule has 2 rings (SSSR count). The number of benzene rings is 1. The largest absolute Gasteiger partial charge is 0.466 e. The normalized spacial score (nSPS) is 17.9. The second-order valence-corrected chi connectivity index (χ2v) is 5.17. The number of esters is 1. The first-order valence-corrected chi connectivity index (χ1v) is 7.22. The lowest BCUT2D eigenvalue weighted by Gasteiger charge is -2.25. The molecular formula is C16H23NO2. The van der Waals surface area contributed by atoms with E-state index in [9.17, 15) is 4.79 Å². The molecule has 0 bridgehead atoms. The fourth-order valence-corrected chi connectivity index (χ4v) is 2.92. The van der Waals surface area contributed by atoms with Crippen molar-refractivity contribution in [3.8, 4) is 0 Å². The van der Waals surface area contributed by atoms with Crippen LogP contribution < -0.4 is 5.73 Å². The lowest BCUT2D eigenvalue weighted by Crippen LogP contribution is -2.16. The van der Waals surface area contributed by atoms with Crippen molar-refractivity contribution in [1.82, 2.24) is 0 Å². The molecule has 0 heterocycles. The monoisotopic (exact) mass is 261 g/mol. The van der Waals surface area contributed by atoms with Crippen molar-refractivity contribution < 1.29 is 9.53 Å². The van der Waals surface area contributed by atoms with Crippen LogP contribution in [0.2, 0.25) is 0 Å². The van der Waals surface area contributed by atoms with Crippen molar-refractivity contribution in [2.24, 2.45) is 5.73 Å². The molecule has 1 aromatic carbocycles. The Hall–Kier alpha value is -1.35. The van der Waals surface area contributed by atoms with Crippen molar-refractivity contribution in [1.29, 1.82) is 0 Å². The molecule has 0 fully saturated rings. The Bertz CT molecular complexity index is 442. The highest BCUT2D eigenvalue weighted by Crippen LogP contribution is 2.34. The first kappa shape index (κ1) is 14.1. The van der Waals surface area contributed by atoms with Gasteiger partial charge in [0.2, 0.25) is 0 Å². The van der Waals surface area contributed by atoms with Gasteiger partial charge in [-0.05, 0) is 61.8 Å². The molecule has 1 unspecified atom stereocenters. The molecule has 2 N–H and O–H groups in total. The predicted molar refractivity (Wildman–Crippen MR) is 76.1 cm³/mol. The molecule has 1 aromatic rings. The second-order valence-electron chi connectivity index (χ2n) is 5.17. The van der Waals surface area contributed by atoms with Gasteiger partial charge in [-0.2, -0.15) is 0 Å². The number of aryl methyl sites for hydroxylation is 1. The summed E-state index contributed by atoms with van der Waals surface area (Å²) in [7, 11) is 0. The average Bonchev–Trinajstić information content (AvgIpc) is 2.39. The Morgan fingerprint density at radius 2 is 2.32 bits per heavy atom. The van der Waals surface area contributed by atoms with Crippen molar-refractivity contribution >= 4 is 5.97 Å². The number of ether oxygens (including phenoxy) is 1. The zero-order valence-corrected chi connectivity index (χ0v) is 11.7. The third kappa shape index (κ3) is 3.57. The van der Waals surface area contributed by atoms with Gasteiger partial charge in [0.1, 0.15) is 0 Å². The minimum atomic E-state index is -0.0774. The number of hydrogen-bond donors (Lipinski definition) is 1. The van der Waals surface area contributed by atoms with Crippen LogP contribution in [0, 0.1) is 0 Å². The molecule has 0 spiro atoms. The Kier molecular flexibility index (Phi) is 4.97. The lowest BCUT2D eigenvalue weighted by atomic mass is 9.80. The molecule has 1 aliphatic rings. The van der Waals surface area contributed by atoms with E-state index in [1.807, 2.05) is 6.92 Å². The predicted octanol–water partition coefficient (Wildman–Crippen LogP) is 2.56. The maximum absolute atomic E-state index is 11.7. The van der Waals surface area contributed by atoms with Crippen LogP contribution in [-0.2, 0) is 22.4 Å². The third-order valence-corrected chi connectivity index (χ3v) is 3.80. The quantitative estimate of drug-likeness (QED) is 0.829. The Balaban J connectivity index is 2.12. The summed E-state index contributed by atoms with van der Waals surface area (Å²) in [6.07, 6.45) is 4.80. The van der Waals surface area contributed by atoms with Gasteiger partial charge in [0.15, 0.2) is 0 Å². The van der Waals surface area contributed by atoms with E-state index in [0.717, 1.165) is 25.7 Å². The van der Waals surface area contributed by atoms with Crippen molar-refractivity contribution in [3.63, 3.8) is 0 Å². The van der Waals surface area contributed by atoms with Crippen LogP contribution in [0.4, 0.5) is 0 Å². The van der Waals surface area contributed by atoms with E-state index in [2.05, 4.69) is 18.2 Å². The first-order chi connectivity index (χ1) is 9.24. The number of fused-ring (bicyclic) bond motifs is 1. The summed E-state index contributed by atoms with van der Waals surface area (Å²) in [6, 6.07) is 6.60. The van der Waals surface area contributed by atoms with Crippen LogP contribution in [-0.4, -0.2) is 19.1 Å². The molecule has 0 aromatic heterocycles. The molecule has 0 amide bonds. The van der Waals surface area contributed by atoms with Crippen LogP contribution >= 0.6 is 0 Å². The maximum atomic E-state index is 11.7. The van der Waals surface area contributed by atoms with Gasteiger partial charge in [-0.1, -0.05) is 18.2 Å². The topological polar surface area (TPSA) is 52.3 Å². The zero-order valence-electron chi connectivity index (χ0n) is 11.7. The number of rotatable bonds is 5. The van der Waals surface area contributed by atoms with E-state index in [1.54, 1.807) is 0 Å². The molecule has 3 heteroatoms. The smallest absolute Gasteiger partial charge is 0.306 e. The number of nitrogens with two attached hydrogens (primary N) is 1. The highest BCUT2D eigenvalue weighted by atomic mass is 16.5. The van der Waals surface area contributed by atoms with Crippen LogP contribution in [0.1, 0.15) is 48.8 Å². The highest BCUT2D eigenvalue weighted by molar-refractivity contribution is 5.70. The molecule has 0 radical (unpaired) electrons. The molecule has 104 valence electrons. The Morgan fingerprint density at radius 3 is 3.05 bits per heavy atom. The fraction of sp³-hybridized carbons (Fsp3) is 0.562. The van der Waals surface area contributed by atoms with Crippen LogP contribution in [0.3, 0.4) is 0 Å². The summed E-state index contributed by atoms with van der Waals surface area (Å²) in [6.45, 7) is 3.00. The molecule has 0 aliphatic heterocycles. The van der Waals surface area contributed by atoms with E-state index < -0.39 is 0 Å². The molecule has 1 atom stereocenters. The maximum Gasteiger partial charge on any atom is 0.306 e. The lowest BCUT2D eigenvalue weighted by molar-refractivity contribution is -0.143. The second kappa shape index (κ2) is 6.71. The molecule has 19 heavy (non-hydrogen) atoms. The van der Waals surface area contributed by atoms with E-state index in [0.29, 0.717) is 25.5 Å². The van der Waals surface area contributed by atoms with Gasteiger partial charge in [0, 0.05) is 0 Å². The number of carbonyl (C=O) groups is 1. The van der Waals surface area contributed by atoms with Gasteiger partial charge in [-0.25, -0.2) is 0 Å². The fourth-order valence-electron chi connectivity index (χ4n) is 2.92. The zero-order chi connectivity index (χ0) is 13.7. The highest BCUT2D eigenvalue weighted by Gasteiger charge is 2.23. The Labute approximate surface area is 115 Å². The molecule has 3 nitrogen and oxygen atoms in total. The van der Waals surface area contributed by atoms with Crippen molar-refractivity contribution in [3.05, 3.63) is 34.9 Å².